The Hall–Kier alpha value is 0.200. The van der Waals surface area contributed by atoms with Gasteiger partial charge in [-0.2, -0.15) is 0 Å². The first-order valence-electron chi connectivity index (χ1n) is 2.04. The van der Waals surface area contributed by atoms with Crippen molar-refractivity contribution in [3.63, 3.8) is 0 Å². The van der Waals surface area contributed by atoms with Crippen LogP contribution in [0.2, 0.25) is 0 Å². The van der Waals surface area contributed by atoms with Crippen molar-refractivity contribution in [3.05, 3.63) is 0 Å². The molecule has 0 bridgehead atoms. The second-order valence-electron chi connectivity index (χ2n) is 1.48. The van der Waals surface area contributed by atoms with Crippen LogP contribution in [-0.2, 0) is 4.79 Å². The van der Waals surface area contributed by atoms with Gasteiger partial charge in [0.15, 0.2) is 0 Å². The summed E-state index contributed by atoms with van der Waals surface area (Å²) < 4.78 is -0.899. The van der Waals surface area contributed by atoms with Gasteiger partial charge in [-0.05, 0) is 15.9 Å². The highest BCUT2D eigenvalue weighted by atomic mass is 79.9. The molecular weight excluding hydrogens is 195 g/mol. The van der Waals surface area contributed by atoms with Crippen LogP contribution in [0.1, 0.15) is 0 Å². The first kappa shape index (κ1) is 6.32. The third kappa shape index (κ3) is 1.34. The van der Waals surface area contributed by atoms with Crippen LogP contribution in [0.15, 0.2) is 0 Å². The van der Waals surface area contributed by atoms with Gasteiger partial charge in [0.2, 0.25) is 9.94 Å². The van der Waals surface area contributed by atoms with E-state index < -0.39 is 4.03 Å². The van der Waals surface area contributed by atoms with Gasteiger partial charge in [0.25, 0.3) is 0 Å². The zero-order valence-corrected chi connectivity index (χ0v) is 6.21. The zero-order valence-electron chi connectivity index (χ0n) is 3.87. The molecule has 1 heterocycles. The molecule has 0 aromatic heterocycles. The third-order valence-corrected chi connectivity index (χ3v) is 1.47. The number of hydrogen-bond acceptors (Lipinski definition) is 2. The number of amides is 1. The quantitative estimate of drug-likeness (QED) is 0.424. The van der Waals surface area contributed by atoms with Gasteiger partial charge in [0.05, 0.1) is 6.54 Å². The normalized spacial score (nSPS) is 37.5. The van der Waals surface area contributed by atoms with E-state index in [4.69, 9.17) is 11.6 Å². The number of hydrogen-bond donors (Lipinski definition) is 2. The van der Waals surface area contributed by atoms with Gasteiger partial charge < -0.3 is 5.32 Å². The van der Waals surface area contributed by atoms with Crippen LogP contribution in [-0.4, -0.2) is 16.5 Å². The van der Waals surface area contributed by atoms with E-state index >= 15 is 0 Å². The molecule has 1 atom stereocenters. The standard InChI is InChI=1S/C3H4BrClN2O/c4-3(5)6-1-2(8)7-3/h6H,1H2,(H,7,8). The lowest BCUT2D eigenvalue weighted by Crippen LogP contribution is -2.36. The fraction of sp³-hybridized carbons (Fsp3) is 0.667. The summed E-state index contributed by atoms with van der Waals surface area (Å²) in [5.74, 6) is -0.100. The molecule has 0 saturated carbocycles. The molecule has 1 aliphatic rings. The molecule has 0 aliphatic carbocycles. The smallest absolute Gasteiger partial charge is 0.237 e. The van der Waals surface area contributed by atoms with Gasteiger partial charge in [-0.1, -0.05) is 11.6 Å². The van der Waals surface area contributed by atoms with E-state index in [9.17, 15) is 4.79 Å². The largest absolute Gasteiger partial charge is 0.315 e. The Morgan fingerprint density at radius 2 is 2.50 bits per heavy atom. The predicted molar refractivity (Wildman–Crippen MR) is 33.7 cm³/mol. The Labute approximate surface area is 59.9 Å². The van der Waals surface area contributed by atoms with Gasteiger partial charge in [0.1, 0.15) is 0 Å². The van der Waals surface area contributed by atoms with Crippen molar-refractivity contribution in [3.8, 4) is 0 Å². The number of carbonyl (C=O) groups is 1. The van der Waals surface area contributed by atoms with Crippen LogP contribution in [0.5, 0.6) is 0 Å². The van der Waals surface area contributed by atoms with Crippen LogP contribution in [0, 0.1) is 0 Å². The summed E-state index contributed by atoms with van der Waals surface area (Å²) in [7, 11) is 0. The molecule has 0 spiro atoms. The fourth-order valence-electron chi connectivity index (χ4n) is 0.455. The Bertz CT molecular complexity index is 126. The second kappa shape index (κ2) is 1.86. The summed E-state index contributed by atoms with van der Waals surface area (Å²) in [6.45, 7) is 0.273. The molecule has 1 saturated heterocycles. The summed E-state index contributed by atoms with van der Waals surface area (Å²) in [4.78, 5) is 10.4. The van der Waals surface area contributed by atoms with Crippen molar-refractivity contribution in [2.75, 3.05) is 6.54 Å². The van der Waals surface area contributed by atoms with Gasteiger partial charge in [-0.3, -0.25) is 10.1 Å². The lowest BCUT2D eigenvalue weighted by atomic mass is 10.7. The van der Waals surface area contributed by atoms with Crippen molar-refractivity contribution < 1.29 is 4.79 Å². The highest BCUT2D eigenvalue weighted by Gasteiger charge is 2.31. The number of rotatable bonds is 0. The van der Waals surface area contributed by atoms with E-state index in [1.807, 2.05) is 0 Å². The molecule has 3 nitrogen and oxygen atoms in total. The van der Waals surface area contributed by atoms with E-state index in [-0.39, 0.29) is 12.5 Å². The average Bonchev–Trinajstić information content (AvgIpc) is 1.82. The van der Waals surface area contributed by atoms with Gasteiger partial charge >= 0.3 is 0 Å². The monoisotopic (exact) mass is 198 g/mol. The topological polar surface area (TPSA) is 41.1 Å². The summed E-state index contributed by atoms with van der Waals surface area (Å²) in [5.41, 5.74) is 0. The lowest BCUT2D eigenvalue weighted by molar-refractivity contribution is -0.118. The van der Waals surface area contributed by atoms with Crippen molar-refractivity contribution in [1.82, 2.24) is 10.6 Å². The maximum absolute atomic E-state index is 10.4. The summed E-state index contributed by atoms with van der Waals surface area (Å²) in [6.07, 6.45) is 0. The molecule has 46 valence electrons. The molecule has 5 heteroatoms. The Balaban J connectivity index is 2.56. The third-order valence-electron chi connectivity index (χ3n) is 0.767. The molecule has 0 aromatic carbocycles. The van der Waals surface area contributed by atoms with E-state index in [2.05, 4.69) is 26.6 Å². The maximum Gasteiger partial charge on any atom is 0.237 e. The van der Waals surface area contributed by atoms with Crippen LogP contribution in [0.25, 0.3) is 0 Å². The van der Waals surface area contributed by atoms with Crippen molar-refractivity contribution >= 4 is 33.4 Å². The molecule has 2 N–H and O–H groups in total. The molecule has 1 amide bonds. The van der Waals surface area contributed by atoms with Crippen molar-refractivity contribution in [2.24, 2.45) is 0 Å². The van der Waals surface area contributed by atoms with Gasteiger partial charge in [-0.15, -0.1) is 0 Å². The summed E-state index contributed by atoms with van der Waals surface area (Å²) in [5, 5.41) is 5.09. The van der Waals surface area contributed by atoms with Gasteiger partial charge in [0, 0.05) is 0 Å². The lowest BCUT2D eigenvalue weighted by Gasteiger charge is -2.10. The highest BCUT2D eigenvalue weighted by molar-refractivity contribution is 9.10. The SMILES string of the molecule is O=C1CNC(Cl)(Br)N1. The Kier molecular flexibility index (Phi) is 1.47. The molecule has 1 aliphatic heterocycles. The average molecular weight is 199 g/mol. The second-order valence-corrected chi connectivity index (χ2v) is 3.69. The minimum atomic E-state index is -0.899. The number of alkyl halides is 2. The van der Waals surface area contributed by atoms with Crippen LogP contribution < -0.4 is 10.6 Å². The fourth-order valence-corrected chi connectivity index (χ4v) is 0.988. The minimum absolute atomic E-state index is 0.100. The van der Waals surface area contributed by atoms with Crippen molar-refractivity contribution in [2.45, 2.75) is 4.03 Å². The van der Waals surface area contributed by atoms with E-state index in [1.165, 1.54) is 0 Å². The van der Waals surface area contributed by atoms with E-state index in [1.54, 1.807) is 0 Å². The van der Waals surface area contributed by atoms with Crippen LogP contribution in [0.3, 0.4) is 0 Å². The number of nitrogens with one attached hydrogen (secondary N) is 2. The van der Waals surface area contributed by atoms with E-state index in [0.29, 0.717) is 0 Å². The van der Waals surface area contributed by atoms with Gasteiger partial charge in [-0.25, -0.2) is 0 Å². The van der Waals surface area contributed by atoms with Crippen LogP contribution in [0.4, 0.5) is 0 Å². The highest BCUT2D eigenvalue weighted by Crippen LogP contribution is 2.17. The molecule has 1 unspecified atom stereocenters. The molecule has 8 heavy (non-hydrogen) atoms. The van der Waals surface area contributed by atoms with Crippen LogP contribution >= 0.6 is 27.5 Å². The zero-order chi connectivity index (χ0) is 6.20. The Morgan fingerprint density at radius 3 is 2.62 bits per heavy atom. The first-order valence-corrected chi connectivity index (χ1v) is 3.21. The summed E-state index contributed by atoms with van der Waals surface area (Å²) >= 11 is 8.54. The molecule has 0 aromatic rings. The van der Waals surface area contributed by atoms with E-state index in [0.717, 1.165) is 0 Å². The minimum Gasteiger partial charge on any atom is -0.315 e. The van der Waals surface area contributed by atoms with Crippen molar-refractivity contribution in [1.29, 1.82) is 0 Å². The molecule has 0 radical (unpaired) electrons. The first-order chi connectivity index (χ1) is 3.60. The Morgan fingerprint density at radius 1 is 1.88 bits per heavy atom. The molecular formula is C3H4BrClN2O. The number of halogens is 2. The maximum atomic E-state index is 10.4. The number of carbonyl (C=O) groups excluding carboxylic acids is 1. The predicted octanol–water partition coefficient (Wildman–Crippen LogP) is -0.0492. The molecule has 1 fully saturated rings. The summed E-state index contributed by atoms with van der Waals surface area (Å²) in [6, 6.07) is 0. The molecule has 1 rings (SSSR count).